The van der Waals surface area contributed by atoms with Gasteiger partial charge in [-0.15, -0.1) is 10.2 Å². The predicted molar refractivity (Wildman–Crippen MR) is 103 cm³/mol. The minimum absolute atomic E-state index is 0.0805. The number of rotatable bonds is 5. The number of methoxy groups -OCH3 is 1. The fourth-order valence-corrected chi connectivity index (χ4v) is 3.43. The van der Waals surface area contributed by atoms with Gasteiger partial charge in [-0.1, -0.05) is 43.7 Å². The third-order valence-electron chi connectivity index (χ3n) is 3.21. The summed E-state index contributed by atoms with van der Waals surface area (Å²) in [5.41, 5.74) is 0.687. The summed E-state index contributed by atoms with van der Waals surface area (Å²) in [7, 11) is 1.43. The van der Waals surface area contributed by atoms with Gasteiger partial charge in [-0.25, -0.2) is 0 Å². The number of carbonyl (C=O) groups is 2. The Bertz CT molecular complexity index is 830. The van der Waals surface area contributed by atoms with E-state index in [1.165, 1.54) is 37.5 Å². The highest BCUT2D eigenvalue weighted by molar-refractivity contribution is 7.15. The summed E-state index contributed by atoms with van der Waals surface area (Å²) in [5.74, 6) is -0.405. The van der Waals surface area contributed by atoms with Gasteiger partial charge in [0.25, 0.3) is 5.91 Å². The number of carbonyl (C=O) groups excluding carboxylic acids is 2. The average Bonchev–Trinajstić information content (AvgIpc) is 2.93. The smallest absolute Gasteiger partial charge is 0.261 e. The van der Waals surface area contributed by atoms with Crippen LogP contribution in [0, 0.1) is 5.41 Å². The number of anilines is 2. The van der Waals surface area contributed by atoms with Gasteiger partial charge in [0, 0.05) is 19.4 Å². The minimum atomic E-state index is -0.420. The van der Waals surface area contributed by atoms with E-state index in [1.54, 1.807) is 0 Å². The summed E-state index contributed by atoms with van der Waals surface area (Å²) < 4.78 is 5.25. The minimum Gasteiger partial charge on any atom is -0.496 e. The standard InChI is InChI=1S/C17H21ClN4O3S/c1-9(23)19-12-7-13(25-5)10(6-11(12)18)15(24)20-16-22-21-14(26-16)8-17(2,3)4/h6-7H,8H2,1-5H3,(H,19,23)(H,20,22,24). The molecule has 0 spiro atoms. The maximum Gasteiger partial charge on any atom is 0.261 e. The number of aromatic nitrogens is 2. The van der Waals surface area contributed by atoms with Crippen LogP contribution in [0.4, 0.5) is 10.8 Å². The first-order valence-electron chi connectivity index (χ1n) is 7.88. The van der Waals surface area contributed by atoms with Crippen LogP contribution < -0.4 is 15.4 Å². The highest BCUT2D eigenvalue weighted by atomic mass is 35.5. The fourth-order valence-electron chi connectivity index (χ4n) is 2.18. The molecule has 0 atom stereocenters. The number of halogens is 1. The van der Waals surface area contributed by atoms with E-state index < -0.39 is 5.91 Å². The number of nitrogens with one attached hydrogen (secondary N) is 2. The predicted octanol–water partition coefficient (Wildman–Crippen LogP) is 4.00. The van der Waals surface area contributed by atoms with E-state index in [2.05, 4.69) is 41.6 Å². The van der Waals surface area contributed by atoms with Crippen molar-refractivity contribution in [3.8, 4) is 5.75 Å². The lowest BCUT2D eigenvalue weighted by molar-refractivity contribution is -0.114. The van der Waals surface area contributed by atoms with Gasteiger partial charge in [0.15, 0.2) is 0 Å². The Morgan fingerprint density at radius 2 is 1.92 bits per heavy atom. The quantitative estimate of drug-likeness (QED) is 0.796. The number of benzene rings is 1. The van der Waals surface area contributed by atoms with Gasteiger partial charge in [0.05, 0.1) is 23.4 Å². The number of amides is 2. The molecule has 2 aromatic rings. The van der Waals surface area contributed by atoms with E-state index in [9.17, 15) is 9.59 Å². The maximum absolute atomic E-state index is 12.6. The molecule has 0 fully saturated rings. The van der Waals surface area contributed by atoms with Gasteiger partial charge in [-0.2, -0.15) is 0 Å². The monoisotopic (exact) mass is 396 g/mol. The molecule has 0 aliphatic heterocycles. The highest BCUT2D eigenvalue weighted by Gasteiger charge is 2.19. The Hall–Kier alpha value is -2.19. The van der Waals surface area contributed by atoms with Gasteiger partial charge in [0.1, 0.15) is 10.8 Å². The van der Waals surface area contributed by atoms with Gasteiger partial charge >= 0.3 is 0 Å². The van der Waals surface area contributed by atoms with Crippen molar-refractivity contribution in [3.63, 3.8) is 0 Å². The SMILES string of the molecule is COc1cc(NC(C)=O)c(Cl)cc1C(=O)Nc1nnc(CC(C)(C)C)s1. The molecule has 1 aromatic carbocycles. The summed E-state index contributed by atoms with van der Waals surface area (Å²) in [5, 5.41) is 14.9. The molecular formula is C17H21ClN4O3S. The first-order valence-corrected chi connectivity index (χ1v) is 9.07. The zero-order valence-electron chi connectivity index (χ0n) is 15.3. The molecule has 0 aliphatic carbocycles. The van der Waals surface area contributed by atoms with E-state index in [-0.39, 0.29) is 27.7 Å². The van der Waals surface area contributed by atoms with Crippen molar-refractivity contribution in [2.24, 2.45) is 5.41 Å². The zero-order chi connectivity index (χ0) is 19.5. The first kappa shape index (κ1) is 20.1. The van der Waals surface area contributed by atoms with E-state index in [4.69, 9.17) is 16.3 Å². The van der Waals surface area contributed by atoms with Crippen LogP contribution in [0.25, 0.3) is 0 Å². The molecule has 0 bridgehead atoms. The Balaban J connectivity index is 2.21. The van der Waals surface area contributed by atoms with Crippen LogP contribution >= 0.6 is 22.9 Å². The Labute approximate surface area is 161 Å². The van der Waals surface area contributed by atoms with Crippen LogP contribution in [-0.4, -0.2) is 29.1 Å². The molecule has 2 N–H and O–H groups in total. The van der Waals surface area contributed by atoms with E-state index in [1.807, 2.05) is 0 Å². The molecule has 1 heterocycles. The fraction of sp³-hybridized carbons (Fsp3) is 0.412. The van der Waals surface area contributed by atoms with Crippen molar-refractivity contribution in [2.75, 3.05) is 17.7 Å². The molecule has 0 unspecified atom stereocenters. The van der Waals surface area contributed by atoms with E-state index in [0.717, 1.165) is 11.4 Å². The lowest BCUT2D eigenvalue weighted by Gasteiger charge is -2.14. The van der Waals surface area contributed by atoms with Crippen molar-refractivity contribution in [1.29, 1.82) is 0 Å². The largest absolute Gasteiger partial charge is 0.496 e. The first-order chi connectivity index (χ1) is 12.1. The van der Waals surface area contributed by atoms with Gasteiger partial charge in [-0.3, -0.25) is 14.9 Å². The lowest BCUT2D eigenvalue weighted by Crippen LogP contribution is -2.14. The third-order valence-corrected chi connectivity index (χ3v) is 4.36. The molecule has 140 valence electrons. The van der Waals surface area contributed by atoms with Crippen LogP contribution in [-0.2, 0) is 11.2 Å². The van der Waals surface area contributed by atoms with Crippen LogP contribution in [0.15, 0.2) is 12.1 Å². The average molecular weight is 397 g/mol. The van der Waals surface area contributed by atoms with Crippen LogP contribution in [0.2, 0.25) is 5.02 Å². The van der Waals surface area contributed by atoms with Gasteiger partial charge in [-0.05, 0) is 11.5 Å². The summed E-state index contributed by atoms with van der Waals surface area (Å²) in [6, 6.07) is 2.95. The van der Waals surface area contributed by atoms with Crippen LogP contribution in [0.5, 0.6) is 5.75 Å². The van der Waals surface area contributed by atoms with Crippen LogP contribution in [0.3, 0.4) is 0 Å². The molecule has 0 saturated carbocycles. The summed E-state index contributed by atoms with van der Waals surface area (Å²) in [6.45, 7) is 7.69. The van der Waals surface area contributed by atoms with Gasteiger partial charge < -0.3 is 10.1 Å². The second kappa shape index (κ2) is 8.01. The van der Waals surface area contributed by atoms with Crippen molar-refractivity contribution < 1.29 is 14.3 Å². The number of hydrogen-bond donors (Lipinski definition) is 2. The molecule has 7 nitrogen and oxygen atoms in total. The number of nitrogens with zero attached hydrogens (tertiary/aromatic N) is 2. The summed E-state index contributed by atoms with van der Waals surface area (Å²) in [4.78, 5) is 23.8. The molecule has 0 aliphatic rings. The third kappa shape index (κ3) is 5.40. The number of hydrogen-bond acceptors (Lipinski definition) is 6. The van der Waals surface area contributed by atoms with Crippen molar-refractivity contribution in [2.45, 2.75) is 34.1 Å². The second-order valence-electron chi connectivity index (χ2n) is 6.91. The second-order valence-corrected chi connectivity index (χ2v) is 8.38. The Morgan fingerprint density at radius 3 is 2.50 bits per heavy atom. The molecule has 1 aromatic heterocycles. The number of ether oxygens (including phenoxy) is 1. The lowest BCUT2D eigenvalue weighted by atomic mass is 9.93. The molecule has 9 heteroatoms. The normalized spacial score (nSPS) is 11.2. The van der Waals surface area contributed by atoms with E-state index >= 15 is 0 Å². The molecule has 0 radical (unpaired) electrons. The Morgan fingerprint density at radius 1 is 1.23 bits per heavy atom. The van der Waals surface area contributed by atoms with Gasteiger partial charge in [0.2, 0.25) is 11.0 Å². The van der Waals surface area contributed by atoms with Crippen LogP contribution in [0.1, 0.15) is 43.1 Å². The Kier molecular flexibility index (Phi) is 6.20. The summed E-state index contributed by atoms with van der Waals surface area (Å²) >= 11 is 7.48. The van der Waals surface area contributed by atoms with E-state index in [0.29, 0.717) is 10.8 Å². The molecule has 0 saturated heterocycles. The maximum atomic E-state index is 12.6. The van der Waals surface area contributed by atoms with Crippen molar-refractivity contribution >= 4 is 45.6 Å². The molecular weight excluding hydrogens is 376 g/mol. The highest BCUT2D eigenvalue weighted by Crippen LogP contribution is 2.32. The van der Waals surface area contributed by atoms with Crippen molar-refractivity contribution in [3.05, 3.63) is 27.7 Å². The van der Waals surface area contributed by atoms with Crippen molar-refractivity contribution in [1.82, 2.24) is 10.2 Å². The molecule has 2 amide bonds. The molecule has 26 heavy (non-hydrogen) atoms. The molecule has 2 rings (SSSR count). The topological polar surface area (TPSA) is 93.2 Å². The summed E-state index contributed by atoms with van der Waals surface area (Å²) in [6.07, 6.45) is 0.765. The zero-order valence-corrected chi connectivity index (χ0v) is 16.8.